The molecule has 0 aliphatic carbocycles. The van der Waals surface area contributed by atoms with E-state index in [0.717, 1.165) is 11.3 Å². The Morgan fingerprint density at radius 3 is 2.69 bits per heavy atom. The second-order valence-electron chi connectivity index (χ2n) is 6.35. The van der Waals surface area contributed by atoms with Gasteiger partial charge in [-0.15, -0.1) is 0 Å². The van der Waals surface area contributed by atoms with E-state index >= 15 is 0 Å². The fourth-order valence-electron chi connectivity index (χ4n) is 2.85. The maximum atomic E-state index is 11.5. The van der Waals surface area contributed by atoms with Crippen molar-refractivity contribution < 1.29 is 14.5 Å². The lowest BCUT2D eigenvalue weighted by molar-refractivity contribution is -0.384. The lowest BCUT2D eigenvalue weighted by Crippen LogP contribution is -2.26. The number of carbonyl (C=O) groups excluding carboxylic acids is 1. The molecule has 0 saturated heterocycles. The van der Waals surface area contributed by atoms with E-state index in [-0.39, 0.29) is 18.2 Å². The molecule has 0 bridgehead atoms. The average Bonchev–Trinajstić information content (AvgIpc) is 2.60. The maximum Gasteiger partial charge on any atom is 0.296 e. The van der Waals surface area contributed by atoms with Crippen LogP contribution in [0.1, 0.15) is 5.56 Å². The van der Waals surface area contributed by atoms with E-state index in [1.165, 1.54) is 6.07 Å². The van der Waals surface area contributed by atoms with Crippen LogP contribution in [-0.4, -0.2) is 38.6 Å². The number of nitro groups is 1. The number of nitrogens with one attached hydrogen (secondary N) is 1. The Balaban J connectivity index is 1.94. The molecule has 1 aliphatic heterocycles. The van der Waals surface area contributed by atoms with E-state index in [4.69, 9.17) is 4.74 Å². The van der Waals surface area contributed by atoms with Crippen molar-refractivity contribution in [2.24, 2.45) is 0 Å². The summed E-state index contributed by atoms with van der Waals surface area (Å²) in [5.41, 5.74) is 2.86. The van der Waals surface area contributed by atoms with Crippen LogP contribution >= 0.6 is 0 Å². The summed E-state index contributed by atoms with van der Waals surface area (Å²) in [6.45, 7) is 0.340. The van der Waals surface area contributed by atoms with Crippen molar-refractivity contribution >= 4 is 28.7 Å². The molecule has 8 heteroatoms. The molecule has 26 heavy (non-hydrogen) atoms. The van der Waals surface area contributed by atoms with Crippen LogP contribution in [0.5, 0.6) is 5.75 Å². The number of nitrogens with zero attached hydrogens (tertiary/aromatic N) is 3. The van der Waals surface area contributed by atoms with Crippen molar-refractivity contribution in [2.75, 3.05) is 42.9 Å². The number of nitro benzene ring substituents is 1. The molecule has 0 radical (unpaired) electrons. The minimum Gasteiger partial charge on any atom is -0.481 e. The zero-order valence-corrected chi connectivity index (χ0v) is 14.9. The molecule has 136 valence electrons. The van der Waals surface area contributed by atoms with E-state index in [2.05, 4.69) is 5.32 Å². The number of carbonyl (C=O) groups is 1. The van der Waals surface area contributed by atoms with Gasteiger partial charge in [-0.2, -0.15) is 0 Å². The topological polar surface area (TPSA) is 88.0 Å². The van der Waals surface area contributed by atoms with Crippen LogP contribution < -0.4 is 19.9 Å². The normalized spacial score (nSPS) is 12.7. The summed E-state index contributed by atoms with van der Waals surface area (Å²) in [4.78, 5) is 26.4. The predicted molar refractivity (Wildman–Crippen MR) is 100 cm³/mol. The molecular weight excluding hydrogens is 336 g/mol. The molecule has 1 N–H and O–H groups in total. The van der Waals surface area contributed by atoms with Gasteiger partial charge in [0.2, 0.25) is 0 Å². The first-order valence-corrected chi connectivity index (χ1v) is 8.07. The molecule has 0 aromatic heterocycles. The summed E-state index contributed by atoms with van der Waals surface area (Å²) in [5, 5.41) is 14.2. The molecule has 8 nitrogen and oxygen atoms in total. The standard InChI is InChI=1S/C18H20N4O4/c1-20(2)13-6-4-5-12(7-13)10-21(3)15-8-14-17(9-16(15)22(24)25)26-11-18(23)19-14/h4-9H,10-11H2,1-3H3,(H,19,23). The van der Waals surface area contributed by atoms with Gasteiger partial charge in [0, 0.05) is 33.4 Å². The van der Waals surface area contributed by atoms with Gasteiger partial charge in [-0.05, 0) is 23.8 Å². The van der Waals surface area contributed by atoms with Crippen LogP contribution in [0.4, 0.5) is 22.7 Å². The predicted octanol–water partition coefficient (Wildman–Crippen LogP) is 2.63. The second kappa shape index (κ2) is 6.91. The van der Waals surface area contributed by atoms with Gasteiger partial charge in [0.15, 0.2) is 12.4 Å². The van der Waals surface area contributed by atoms with Crippen molar-refractivity contribution in [1.29, 1.82) is 0 Å². The van der Waals surface area contributed by atoms with Gasteiger partial charge in [-0.25, -0.2) is 0 Å². The van der Waals surface area contributed by atoms with E-state index < -0.39 is 4.92 Å². The van der Waals surface area contributed by atoms with E-state index in [1.807, 2.05) is 43.3 Å². The lowest BCUT2D eigenvalue weighted by atomic mass is 10.1. The summed E-state index contributed by atoms with van der Waals surface area (Å²) in [6, 6.07) is 10.9. The van der Waals surface area contributed by atoms with Gasteiger partial charge in [-0.1, -0.05) is 12.1 Å². The SMILES string of the molecule is CN(C)c1cccc(CN(C)c2cc3c(cc2[N+](=O)[O-])OCC(=O)N3)c1. The highest BCUT2D eigenvalue weighted by molar-refractivity contribution is 5.96. The summed E-state index contributed by atoms with van der Waals surface area (Å²) >= 11 is 0. The second-order valence-corrected chi connectivity index (χ2v) is 6.35. The van der Waals surface area contributed by atoms with Crippen LogP contribution in [0.25, 0.3) is 0 Å². The lowest BCUT2D eigenvalue weighted by Gasteiger charge is -2.24. The summed E-state index contributed by atoms with van der Waals surface area (Å²) in [5.74, 6) is 0.0293. The summed E-state index contributed by atoms with van der Waals surface area (Å²) in [6.07, 6.45) is 0. The first-order chi connectivity index (χ1) is 12.3. The zero-order valence-electron chi connectivity index (χ0n) is 14.9. The Kier molecular flexibility index (Phi) is 4.66. The average molecular weight is 356 g/mol. The van der Waals surface area contributed by atoms with Crippen molar-refractivity contribution in [3.8, 4) is 5.75 Å². The van der Waals surface area contributed by atoms with Crippen LogP contribution in [0.15, 0.2) is 36.4 Å². The molecule has 0 atom stereocenters. The Labute approximate surface area is 151 Å². The fraction of sp³-hybridized carbons (Fsp3) is 0.278. The molecule has 0 saturated carbocycles. The van der Waals surface area contributed by atoms with Crippen LogP contribution in [0, 0.1) is 10.1 Å². The third-order valence-corrected chi connectivity index (χ3v) is 4.16. The molecule has 1 heterocycles. The molecule has 3 rings (SSSR count). The molecule has 0 unspecified atom stereocenters. The minimum absolute atomic E-state index is 0.0637. The van der Waals surface area contributed by atoms with Crippen molar-refractivity contribution in [3.63, 3.8) is 0 Å². The number of fused-ring (bicyclic) bond motifs is 1. The monoisotopic (exact) mass is 356 g/mol. The van der Waals surface area contributed by atoms with Crippen molar-refractivity contribution in [1.82, 2.24) is 0 Å². The van der Waals surface area contributed by atoms with Crippen LogP contribution in [0.2, 0.25) is 0 Å². The van der Waals surface area contributed by atoms with Gasteiger partial charge in [0.25, 0.3) is 11.6 Å². The van der Waals surface area contributed by atoms with Crippen molar-refractivity contribution in [2.45, 2.75) is 6.54 Å². The molecule has 1 amide bonds. The number of anilines is 3. The summed E-state index contributed by atoms with van der Waals surface area (Å²) in [7, 11) is 5.70. The molecule has 2 aromatic rings. The Morgan fingerprint density at radius 2 is 2.00 bits per heavy atom. The number of ether oxygens (including phenoxy) is 1. The Bertz CT molecular complexity index is 866. The number of benzene rings is 2. The van der Waals surface area contributed by atoms with Gasteiger partial charge in [0.05, 0.1) is 16.7 Å². The van der Waals surface area contributed by atoms with Gasteiger partial charge < -0.3 is 19.9 Å². The van der Waals surface area contributed by atoms with E-state index in [9.17, 15) is 14.9 Å². The first-order valence-electron chi connectivity index (χ1n) is 8.07. The maximum absolute atomic E-state index is 11.5. The molecule has 2 aromatic carbocycles. The molecule has 0 fully saturated rings. The number of hydrogen-bond acceptors (Lipinski definition) is 6. The fourth-order valence-corrected chi connectivity index (χ4v) is 2.85. The quantitative estimate of drug-likeness (QED) is 0.654. The number of rotatable bonds is 5. The van der Waals surface area contributed by atoms with Gasteiger partial charge >= 0.3 is 0 Å². The molecule has 1 aliphatic rings. The van der Waals surface area contributed by atoms with Gasteiger partial charge in [0.1, 0.15) is 5.69 Å². The van der Waals surface area contributed by atoms with Crippen LogP contribution in [-0.2, 0) is 11.3 Å². The van der Waals surface area contributed by atoms with E-state index in [0.29, 0.717) is 23.7 Å². The summed E-state index contributed by atoms with van der Waals surface area (Å²) < 4.78 is 5.28. The molecule has 0 spiro atoms. The van der Waals surface area contributed by atoms with Gasteiger partial charge in [-0.3, -0.25) is 14.9 Å². The van der Waals surface area contributed by atoms with Crippen LogP contribution in [0.3, 0.4) is 0 Å². The minimum atomic E-state index is -0.442. The first kappa shape index (κ1) is 17.5. The smallest absolute Gasteiger partial charge is 0.296 e. The van der Waals surface area contributed by atoms with E-state index in [1.54, 1.807) is 18.0 Å². The van der Waals surface area contributed by atoms with Crippen molar-refractivity contribution in [3.05, 3.63) is 52.1 Å². The third-order valence-electron chi connectivity index (χ3n) is 4.16. The Hall–Kier alpha value is -3.29. The number of amides is 1. The zero-order chi connectivity index (χ0) is 18.8. The third kappa shape index (κ3) is 3.53. The highest BCUT2D eigenvalue weighted by Crippen LogP contribution is 2.39. The number of hydrogen-bond donors (Lipinski definition) is 1. The molecular formula is C18H20N4O4. The highest BCUT2D eigenvalue weighted by Gasteiger charge is 2.25. The highest BCUT2D eigenvalue weighted by atomic mass is 16.6. The Morgan fingerprint density at radius 1 is 1.23 bits per heavy atom. The largest absolute Gasteiger partial charge is 0.481 e.